The van der Waals surface area contributed by atoms with Gasteiger partial charge in [0.1, 0.15) is 0 Å². The first-order chi connectivity index (χ1) is 5.05. The summed E-state index contributed by atoms with van der Waals surface area (Å²) in [6.07, 6.45) is 3.58. The van der Waals surface area contributed by atoms with Crippen molar-refractivity contribution in [3.8, 4) is 0 Å². The molecule has 11 heavy (non-hydrogen) atoms. The van der Waals surface area contributed by atoms with E-state index in [2.05, 4.69) is 26.8 Å². The van der Waals surface area contributed by atoms with E-state index in [0.717, 1.165) is 11.8 Å². The molecule has 0 radical (unpaired) electrons. The van der Waals surface area contributed by atoms with Crippen LogP contribution in [0.2, 0.25) is 0 Å². The van der Waals surface area contributed by atoms with Gasteiger partial charge in [0, 0.05) is 6.04 Å². The van der Waals surface area contributed by atoms with E-state index in [1.165, 1.54) is 12.0 Å². The van der Waals surface area contributed by atoms with Crippen LogP contribution in [0.25, 0.3) is 0 Å². The van der Waals surface area contributed by atoms with Crippen molar-refractivity contribution < 1.29 is 0 Å². The van der Waals surface area contributed by atoms with Gasteiger partial charge in [-0.15, -0.1) is 0 Å². The molecule has 0 aromatic carbocycles. The average Bonchev–Trinajstić information content (AvgIpc) is 2.46. The van der Waals surface area contributed by atoms with E-state index in [-0.39, 0.29) is 0 Å². The zero-order chi connectivity index (χ0) is 8.22. The molecule has 2 aliphatic carbocycles. The van der Waals surface area contributed by atoms with Gasteiger partial charge in [-0.25, -0.2) is 0 Å². The highest BCUT2D eigenvalue weighted by Gasteiger charge is 2.60. The number of allylic oxidation sites excluding steroid dienone is 1. The van der Waals surface area contributed by atoms with Crippen molar-refractivity contribution in [2.75, 3.05) is 0 Å². The molecule has 0 aliphatic heterocycles. The summed E-state index contributed by atoms with van der Waals surface area (Å²) in [6.45, 7) is 6.85. The van der Waals surface area contributed by atoms with Gasteiger partial charge in [-0.1, -0.05) is 25.5 Å². The minimum absolute atomic E-state index is 0.351. The fourth-order valence-electron chi connectivity index (χ4n) is 2.68. The normalized spacial score (nSPS) is 46.2. The molecule has 2 rings (SSSR count). The largest absolute Gasteiger partial charge is 0.324 e. The second-order valence-electron chi connectivity index (χ2n) is 4.66. The zero-order valence-corrected chi connectivity index (χ0v) is 7.59. The minimum Gasteiger partial charge on any atom is -0.324 e. The second-order valence-corrected chi connectivity index (χ2v) is 4.66. The summed E-state index contributed by atoms with van der Waals surface area (Å²) in [7, 11) is 0. The number of hydrogen-bond donors (Lipinski definition) is 1. The van der Waals surface area contributed by atoms with Crippen LogP contribution in [0.3, 0.4) is 0 Å². The van der Waals surface area contributed by atoms with E-state index in [1.807, 2.05) is 0 Å². The summed E-state index contributed by atoms with van der Waals surface area (Å²) in [5, 5.41) is 0. The van der Waals surface area contributed by atoms with Crippen LogP contribution in [0.4, 0.5) is 0 Å². The van der Waals surface area contributed by atoms with E-state index < -0.39 is 0 Å². The third kappa shape index (κ3) is 0.807. The molecule has 0 aromatic rings. The fraction of sp³-hybridized carbons (Fsp3) is 0.800. The Kier molecular flexibility index (Phi) is 1.26. The van der Waals surface area contributed by atoms with Gasteiger partial charge in [-0.3, -0.25) is 0 Å². The minimum atomic E-state index is 0.351. The van der Waals surface area contributed by atoms with E-state index in [0.29, 0.717) is 11.5 Å². The van der Waals surface area contributed by atoms with E-state index in [9.17, 15) is 0 Å². The van der Waals surface area contributed by atoms with Gasteiger partial charge in [0.2, 0.25) is 0 Å². The summed E-state index contributed by atoms with van der Waals surface area (Å²) in [4.78, 5) is 0. The number of fused-ring (bicyclic) bond motifs is 1. The molecule has 2 aliphatic rings. The zero-order valence-electron chi connectivity index (χ0n) is 7.59. The highest BCUT2D eigenvalue weighted by Crippen LogP contribution is 2.63. The number of rotatable bonds is 0. The van der Waals surface area contributed by atoms with Crippen molar-refractivity contribution in [3.05, 3.63) is 11.6 Å². The maximum absolute atomic E-state index is 6.07. The second kappa shape index (κ2) is 1.89. The average molecular weight is 151 g/mol. The molecular weight excluding hydrogens is 134 g/mol. The molecule has 3 unspecified atom stereocenters. The molecule has 2 N–H and O–H groups in total. The predicted octanol–water partition coefficient (Wildman–Crippen LogP) is 1.94. The van der Waals surface area contributed by atoms with E-state index >= 15 is 0 Å². The van der Waals surface area contributed by atoms with Gasteiger partial charge in [0.25, 0.3) is 0 Å². The first-order valence-electron chi connectivity index (χ1n) is 4.47. The van der Waals surface area contributed by atoms with E-state index in [4.69, 9.17) is 5.73 Å². The third-order valence-corrected chi connectivity index (χ3v) is 3.75. The van der Waals surface area contributed by atoms with Crippen LogP contribution in [-0.2, 0) is 0 Å². The van der Waals surface area contributed by atoms with Gasteiger partial charge in [0.15, 0.2) is 0 Å². The highest BCUT2D eigenvalue weighted by atomic mass is 14.8. The van der Waals surface area contributed by atoms with Crippen LogP contribution in [0, 0.1) is 17.3 Å². The Morgan fingerprint density at radius 2 is 2.18 bits per heavy atom. The van der Waals surface area contributed by atoms with Crippen molar-refractivity contribution in [2.45, 2.75) is 33.2 Å². The van der Waals surface area contributed by atoms with Gasteiger partial charge >= 0.3 is 0 Å². The summed E-state index contributed by atoms with van der Waals surface area (Å²) >= 11 is 0. The Morgan fingerprint density at radius 3 is 2.73 bits per heavy atom. The lowest BCUT2D eigenvalue weighted by atomic mass is 9.96. The van der Waals surface area contributed by atoms with Crippen molar-refractivity contribution in [1.82, 2.24) is 0 Å². The molecule has 0 saturated heterocycles. The highest BCUT2D eigenvalue weighted by molar-refractivity contribution is 5.25. The lowest BCUT2D eigenvalue weighted by Crippen LogP contribution is -2.27. The van der Waals surface area contributed by atoms with Crippen LogP contribution >= 0.6 is 0 Å². The van der Waals surface area contributed by atoms with Crippen LogP contribution in [0.15, 0.2) is 11.6 Å². The van der Waals surface area contributed by atoms with Crippen molar-refractivity contribution in [2.24, 2.45) is 23.0 Å². The van der Waals surface area contributed by atoms with Crippen molar-refractivity contribution in [3.63, 3.8) is 0 Å². The van der Waals surface area contributed by atoms with Gasteiger partial charge in [-0.2, -0.15) is 0 Å². The molecule has 62 valence electrons. The number of nitrogens with two attached hydrogens (primary N) is 1. The molecule has 1 saturated carbocycles. The van der Waals surface area contributed by atoms with E-state index in [1.54, 1.807) is 0 Å². The predicted molar refractivity (Wildman–Crippen MR) is 47.1 cm³/mol. The standard InChI is InChI=1S/C10H17N/c1-6-4-5-7-8(9(6)11)10(7,2)3/h4,7-9H,5,11H2,1-3H3. The summed E-state index contributed by atoms with van der Waals surface area (Å²) in [5.41, 5.74) is 7.99. The Labute approximate surface area is 68.7 Å². The summed E-state index contributed by atoms with van der Waals surface area (Å²) < 4.78 is 0. The maximum atomic E-state index is 6.07. The lowest BCUT2D eigenvalue weighted by molar-refractivity contribution is 0.513. The Morgan fingerprint density at radius 1 is 1.55 bits per heavy atom. The molecule has 3 atom stereocenters. The van der Waals surface area contributed by atoms with Crippen molar-refractivity contribution in [1.29, 1.82) is 0 Å². The first kappa shape index (κ1) is 7.35. The third-order valence-electron chi connectivity index (χ3n) is 3.75. The van der Waals surface area contributed by atoms with Crippen molar-refractivity contribution >= 4 is 0 Å². The Balaban J connectivity index is 2.22. The molecule has 0 amide bonds. The Hall–Kier alpha value is -0.300. The smallest absolute Gasteiger partial charge is 0.0287 e. The molecule has 0 spiro atoms. The van der Waals surface area contributed by atoms with Crippen LogP contribution < -0.4 is 5.73 Å². The molecule has 0 heterocycles. The van der Waals surface area contributed by atoms with Crippen LogP contribution in [0.1, 0.15) is 27.2 Å². The first-order valence-corrected chi connectivity index (χ1v) is 4.47. The molecule has 0 aromatic heterocycles. The SMILES string of the molecule is CC1=CCC2C(C1N)C2(C)C. The summed E-state index contributed by atoms with van der Waals surface area (Å²) in [6, 6.07) is 0.351. The summed E-state index contributed by atoms with van der Waals surface area (Å²) in [5.74, 6) is 1.65. The van der Waals surface area contributed by atoms with Gasteiger partial charge in [-0.05, 0) is 30.6 Å². The van der Waals surface area contributed by atoms with Gasteiger partial charge < -0.3 is 5.73 Å². The quantitative estimate of drug-likeness (QED) is 0.526. The maximum Gasteiger partial charge on any atom is 0.0287 e. The molecule has 1 nitrogen and oxygen atoms in total. The molecule has 0 bridgehead atoms. The molecular formula is C10H17N. The Bertz CT molecular complexity index is 215. The monoisotopic (exact) mass is 151 g/mol. The molecule has 1 fully saturated rings. The topological polar surface area (TPSA) is 26.0 Å². The van der Waals surface area contributed by atoms with Crippen LogP contribution in [0.5, 0.6) is 0 Å². The fourth-order valence-corrected chi connectivity index (χ4v) is 2.68. The van der Waals surface area contributed by atoms with Crippen LogP contribution in [-0.4, -0.2) is 6.04 Å². The van der Waals surface area contributed by atoms with Gasteiger partial charge in [0.05, 0.1) is 0 Å². The molecule has 1 heteroatoms. The lowest BCUT2D eigenvalue weighted by Gasteiger charge is -2.16. The number of hydrogen-bond acceptors (Lipinski definition) is 1.